The summed E-state index contributed by atoms with van der Waals surface area (Å²) in [6.45, 7) is 3.73. The molecule has 2 N–H and O–H groups in total. The second-order valence-corrected chi connectivity index (χ2v) is 5.12. The van der Waals surface area contributed by atoms with E-state index in [1.54, 1.807) is 12.4 Å². The third-order valence-electron chi connectivity index (χ3n) is 3.71. The van der Waals surface area contributed by atoms with E-state index in [9.17, 15) is 4.79 Å². The number of piperidine rings is 1. The molecule has 0 spiro atoms. The molecule has 1 saturated heterocycles. The van der Waals surface area contributed by atoms with Crippen molar-refractivity contribution >= 4 is 18.3 Å². The number of carbonyl (C=O) groups excluding carboxylic acids is 1. The number of rotatable bonds is 3. The highest BCUT2D eigenvalue weighted by molar-refractivity contribution is 5.85. The molecule has 106 valence electrons. The third-order valence-corrected chi connectivity index (χ3v) is 3.71. The Labute approximate surface area is 120 Å². The van der Waals surface area contributed by atoms with Crippen LogP contribution in [0.2, 0.25) is 0 Å². The normalized spacial score (nSPS) is 17.7. The first kappa shape index (κ1) is 15.9. The zero-order valence-electron chi connectivity index (χ0n) is 11.3. The lowest BCUT2D eigenvalue weighted by atomic mass is 9.91. The van der Waals surface area contributed by atoms with Crippen LogP contribution in [0.1, 0.15) is 25.3 Å². The van der Waals surface area contributed by atoms with Crippen LogP contribution in [0.4, 0.5) is 0 Å². The molecular formula is C14H22ClN3O. The van der Waals surface area contributed by atoms with Gasteiger partial charge in [0.05, 0.1) is 6.42 Å². The molecule has 19 heavy (non-hydrogen) atoms. The molecule has 0 bridgehead atoms. The first-order chi connectivity index (χ1) is 8.66. The summed E-state index contributed by atoms with van der Waals surface area (Å²) in [5.41, 5.74) is 6.88. The van der Waals surface area contributed by atoms with Gasteiger partial charge in [0.2, 0.25) is 5.91 Å². The molecule has 1 unspecified atom stereocenters. The smallest absolute Gasteiger partial charge is 0.227 e. The van der Waals surface area contributed by atoms with Crippen LogP contribution in [-0.2, 0) is 11.2 Å². The molecule has 0 aliphatic carbocycles. The lowest BCUT2D eigenvalue weighted by Gasteiger charge is -2.33. The maximum Gasteiger partial charge on any atom is 0.227 e. The van der Waals surface area contributed by atoms with E-state index in [0.29, 0.717) is 12.3 Å². The molecule has 5 heteroatoms. The Bertz CT molecular complexity index is 389. The summed E-state index contributed by atoms with van der Waals surface area (Å²) in [5.74, 6) is 0.763. The summed E-state index contributed by atoms with van der Waals surface area (Å²) < 4.78 is 0. The summed E-state index contributed by atoms with van der Waals surface area (Å²) in [6.07, 6.45) is 5.98. The predicted molar refractivity (Wildman–Crippen MR) is 78.1 cm³/mol. The van der Waals surface area contributed by atoms with Crippen molar-refractivity contribution in [2.75, 3.05) is 13.1 Å². The largest absolute Gasteiger partial charge is 0.342 e. The number of halogens is 1. The van der Waals surface area contributed by atoms with Crippen molar-refractivity contribution in [3.05, 3.63) is 30.1 Å². The fourth-order valence-electron chi connectivity index (χ4n) is 2.46. The molecule has 1 atom stereocenters. The van der Waals surface area contributed by atoms with Crippen LogP contribution < -0.4 is 5.73 Å². The average molecular weight is 284 g/mol. The van der Waals surface area contributed by atoms with Gasteiger partial charge in [-0.1, -0.05) is 6.07 Å². The van der Waals surface area contributed by atoms with Crippen molar-refractivity contribution in [3.63, 3.8) is 0 Å². The Kier molecular flexibility index (Phi) is 6.25. The monoisotopic (exact) mass is 283 g/mol. The van der Waals surface area contributed by atoms with Gasteiger partial charge in [-0.25, -0.2) is 0 Å². The van der Waals surface area contributed by atoms with Gasteiger partial charge < -0.3 is 10.6 Å². The predicted octanol–water partition coefficient (Wildman–Crippen LogP) is 1.63. The number of hydrogen-bond donors (Lipinski definition) is 1. The van der Waals surface area contributed by atoms with E-state index in [0.717, 1.165) is 31.5 Å². The van der Waals surface area contributed by atoms with Crippen LogP contribution in [0.5, 0.6) is 0 Å². The fourth-order valence-corrected chi connectivity index (χ4v) is 2.46. The minimum absolute atomic E-state index is 0. The molecule has 1 aliphatic rings. The number of hydrogen-bond acceptors (Lipinski definition) is 3. The molecule has 1 amide bonds. The van der Waals surface area contributed by atoms with Gasteiger partial charge in [0.1, 0.15) is 0 Å². The van der Waals surface area contributed by atoms with Gasteiger partial charge in [0, 0.05) is 31.5 Å². The van der Waals surface area contributed by atoms with Crippen molar-refractivity contribution in [1.29, 1.82) is 0 Å². The van der Waals surface area contributed by atoms with Crippen LogP contribution in [0.15, 0.2) is 24.5 Å². The Hall–Kier alpha value is -1.13. The van der Waals surface area contributed by atoms with E-state index in [1.807, 2.05) is 17.0 Å². The topological polar surface area (TPSA) is 59.2 Å². The molecule has 0 radical (unpaired) electrons. The highest BCUT2D eigenvalue weighted by Crippen LogP contribution is 2.20. The molecule has 2 rings (SSSR count). The van der Waals surface area contributed by atoms with Gasteiger partial charge in [-0.05, 0) is 37.3 Å². The van der Waals surface area contributed by atoms with Crippen LogP contribution in [0.25, 0.3) is 0 Å². The third kappa shape index (κ3) is 4.48. The van der Waals surface area contributed by atoms with Crippen molar-refractivity contribution < 1.29 is 4.79 Å². The average Bonchev–Trinajstić information content (AvgIpc) is 2.40. The van der Waals surface area contributed by atoms with Gasteiger partial charge in [0.15, 0.2) is 0 Å². The summed E-state index contributed by atoms with van der Waals surface area (Å²) in [4.78, 5) is 18.1. The number of carbonyl (C=O) groups is 1. The molecule has 1 aromatic rings. The fraction of sp³-hybridized carbons (Fsp3) is 0.571. The van der Waals surface area contributed by atoms with E-state index in [1.165, 1.54) is 0 Å². The number of amides is 1. The van der Waals surface area contributed by atoms with Gasteiger partial charge in [-0.15, -0.1) is 12.4 Å². The van der Waals surface area contributed by atoms with Gasteiger partial charge in [0.25, 0.3) is 0 Å². The van der Waals surface area contributed by atoms with Crippen LogP contribution in [0.3, 0.4) is 0 Å². The van der Waals surface area contributed by atoms with Crippen molar-refractivity contribution in [3.8, 4) is 0 Å². The first-order valence-electron chi connectivity index (χ1n) is 6.59. The van der Waals surface area contributed by atoms with E-state index in [2.05, 4.69) is 11.9 Å². The highest BCUT2D eigenvalue weighted by atomic mass is 35.5. The molecule has 4 nitrogen and oxygen atoms in total. The molecule has 1 aliphatic heterocycles. The number of nitrogens with two attached hydrogens (primary N) is 1. The van der Waals surface area contributed by atoms with Crippen molar-refractivity contribution in [2.24, 2.45) is 11.7 Å². The van der Waals surface area contributed by atoms with Gasteiger partial charge >= 0.3 is 0 Å². The van der Waals surface area contributed by atoms with E-state index < -0.39 is 0 Å². The van der Waals surface area contributed by atoms with E-state index >= 15 is 0 Å². The summed E-state index contributed by atoms with van der Waals surface area (Å²) in [5, 5.41) is 0. The minimum atomic E-state index is 0. The summed E-state index contributed by atoms with van der Waals surface area (Å²) >= 11 is 0. The van der Waals surface area contributed by atoms with Gasteiger partial charge in [-0.3, -0.25) is 9.78 Å². The maximum absolute atomic E-state index is 12.1. The molecule has 1 fully saturated rings. The van der Waals surface area contributed by atoms with Crippen molar-refractivity contribution in [2.45, 2.75) is 32.2 Å². The standard InChI is InChI=1S/C14H21N3O.ClH/c1-11(15)13-4-7-17(8-5-13)14(18)9-12-3-2-6-16-10-12;/h2-3,6,10-11,13H,4-5,7-9,15H2,1H3;1H. The molecule has 1 aromatic heterocycles. The van der Waals surface area contributed by atoms with E-state index in [-0.39, 0.29) is 24.4 Å². The number of pyridine rings is 1. The maximum atomic E-state index is 12.1. The quantitative estimate of drug-likeness (QED) is 0.917. The lowest BCUT2D eigenvalue weighted by Crippen LogP contribution is -2.43. The van der Waals surface area contributed by atoms with E-state index in [4.69, 9.17) is 5.73 Å². The number of nitrogens with zero attached hydrogens (tertiary/aromatic N) is 2. The Balaban J connectivity index is 0.00000180. The van der Waals surface area contributed by atoms with Crippen LogP contribution >= 0.6 is 12.4 Å². The second kappa shape index (κ2) is 7.46. The SMILES string of the molecule is CC(N)C1CCN(C(=O)Cc2cccnc2)CC1.Cl. The molecule has 2 heterocycles. The minimum Gasteiger partial charge on any atom is -0.342 e. The molecular weight excluding hydrogens is 262 g/mol. The molecule has 0 saturated carbocycles. The van der Waals surface area contributed by atoms with Crippen LogP contribution in [-0.4, -0.2) is 34.9 Å². The summed E-state index contributed by atoms with van der Waals surface area (Å²) in [6, 6.07) is 4.05. The summed E-state index contributed by atoms with van der Waals surface area (Å²) in [7, 11) is 0. The van der Waals surface area contributed by atoms with Gasteiger partial charge in [-0.2, -0.15) is 0 Å². The Morgan fingerprint density at radius 3 is 2.74 bits per heavy atom. The Morgan fingerprint density at radius 2 is 2.21 bits per heavy atom. The zero-order chi connectivity index (χ0) is 13.0. The Morgan fingerprint density at radius 1 is 1.53 bits per heavy atom. The number of aromatic nitrogens is 1. The lowest BCUT2D eigenvalue weighted by molar-refractivity contribution is -0.131. The second-order valence-electron chi connectivity index (χ2n) is 5.12. The van der Waals surface area contributed by atoms with Crippen LogP contribution in [0, 0.1) is 5.92 Å². The number of likely N-dealkylation sites (tertiary alicyclic amines) is 1. The first-order valence-corrected chi connectivity index (χ1v) is 6.59. The zero-order valence-corrected chi connectivity index (χ0v) is 12.1. The highest BCUT2D eigenvalue weighted by Gasteiger charge is 2.24. The van der Waals surface area contributed by atoms with Crippen molar-refractivity contribution in [1.82, 2.24) is 9.88 Å². The molecule has 0 aromatic carbocycles.